The van der Waals surface area contributed by atoms with Gasteiger partial charge < -0.3 is 0 Å². The van der Waals surface area contributed by atoms with Gasteiger partial charge in [0.1, 0.15) is 20.3 Å². The van der Waals surface area contributed by atoms with Crippen LogP contribution in [0.1, 0.15) is 5.56 Å². The first-order chi connectivity index (χ1) is 22.6. The van der Waals surface area contributed by atoms with Crippen LogP contribution in [-0.4, -0.2) is 22.9 Å². The van der Waals surface area contributed by atoms with Crippen LogP contribution in [0.4, 0.5) is 11.4 Å². The van der Waals surface area contributed by atoms with Crippen LogP contribution >= 0.6 is 22.7 Å². The van der Waals surface area contributed by atoms with Gasteiger partial charge in [-0.15, -0.1) is 22.7 Å². The van der Waals surface area contributed by atoms with Crippen molar-refractivity contribution >= 4 is 64.6 Å². The molecule has 0 saturated carbocycles. The second-order valence-corrected chi connectivity index (χ2v) is 13.8. The molecule has 0 bridgehead atoms. The van der Waals surface area contributed by atoms with Crippen LogP contribution in [0.2, 0.25) is 0 Å². The molecule has 0 amide bonds. The van der Waals surface area contributed by atoms with Crippen LogP contribution in [0.5, 0.6) is 0 Å². The van der Waals surface area contributed by atoms with E-state index in [0.29, 0.717) is 32.2 Å². The predicted molar refractivity (Wildman–Crippen MR) is 184 cm³/mol. The van der Waals surface area contributed by atoms with Crippen LogP contribution < -0.4 is 32.4 Å². The van der Waals surface area contributed by atoms with E-state index in [0.717, 1.165) is 26.4 Å². The Morgan fingerprint density at radius 1 is 0.723 bits per heavy atom. The number of nitrogens with zero attached hydrogens (tertiary/aromatic N) is 4. The smallest absolute Gasteiger partial charge is 0.287 e. The molecular formula is C33H22N6O5S3. The van der Waals surface area contributed by atoms with E-state index in [1.54, 1.807) is 43.3 Å². The Morgan fingerprint density at radius 3 is 2.15 bits per heavy atom. The summed E-state index contributed by atoms with van der Waals surface area (Å²) in [6, 6.07) is 28.1. The maximum Gasteiger partial charge on any atom is 0.296 e. The second kappa shape index (κ2) is 12.1. The van der Waals surface area contributed by atoms with Gasteiger partial charge in [-0.2, -0.15) is 18.6 Å². The molecule has 2 aromatic heterocycles. The summed E-state index contributed by atoms with van der Waals surface area (Å²) in [6.07, 6.45) is 0. The zero-order chi connectivity index (χ0) is 32.7. The van der Waals surface area contributed by atoms with Crippen molar-refractivity contribution in [1.82, 2.24) is 9.97 Å². The largest absolute Gasteiger partial charge is 0.296 e. The predicted octanol–water partition coefficient (Wildman–Crippen LogP) is 5.25. The first kappa shape index (κ1) is 30.3. The minimum atomic E-state index is -4.41. The number of aromatic nitrogens is 2. The minimum absolute atomic E-state index is 0.0433. The van der Waals surface area contributed by atoms with E-state index in [2.05, 4.69) is 26.0 Å². The van der Waals surface area contributed by atoms with Crippen LogP contribution in [0.3, 0.4) is 0 Å². The van der Waals surface area contributed by atoms with Crippen LogP contribution in [0.25, 0.3) is 41.6 Å². The highest BCUT2D eigenvalue weighted by Crippen LogP contribution is 2.38. The topological polar surface area (TPSA) is 163 Å². The third kappa shape index (κ3) is 6.09. The number of aryl methyl sites for hydroxylation is 1. The fourth-order valence-corrected chi connectivity index (χ4v) is 8.19. The first-order valence-corrected chi connectivity index (χ1v) is 17.1. The average Bonchev–Trinajstić information content (AvgIpc) is 3.68. The molecule has 3 N–H and O–H groups in total. The molecule has 0 aliphatic rings. The second-order valence-electron chi connectivity index (χ2n) is 10.4. The van der Waals surface area contributed by atoms with Gasteiger partial charge in [-0.1, -0.05) is 24.3 Å². The van der Waals surface area contributed by atoms with Crippen molar-refractivity contribution in [2.75, 3.05) is 10.9 Å². The van der Waals surface area contributed by atoms with Gasteiger partial charge in [0.05, 0.1) is 31.8 Å². The first-order valence-electron chi connectivity index (χ1n) is 14.0. The highest BCUT2D eigenvalue weighted by molar-refractivity contribution is 7.86. The molecule has 0 atom stereocenters. The normalized spacial score (nSPS) is 12.6. The van der Waals surface area contributed by atoms with Gasteiger partial charge in [0, 0.05) is 11.1 Å². The lowest BCUT2D eigenvalue weighted by molar-refractivity contribution is 0.483. The Bertz CT molecular complexity index is 2660. The number of anilines is 2. The summed E-state index contributed by atoms with van der Waals surface area (Å²) >= 11 is 2.71. The molecule has 47 heavy (non-hydrogen) atoms. The maximum absolute atomic E-state index is 12.9. The SMILES string of the molecule is Cc1ccc2nc(-c3ccc4nc(-c5ccc(N/N=c6\ccc(=O)/c(=N\Nc7ccccc7)c6=O)cc5)sc4c3)sc2c1S(=O)(=O)O. The number of hydrogen-bond donors (Lipinski definition) is 3. The summed E-state index contributed by atoms with van der Waals surface area (Å²) in [6.45, 7) is 1.64. The van der Waals surface area contributed by atoms with Crippen LogP contribution in [0.15, 0.2) is 122 Å². The van der Waals surface area contributed by atoms with E-state index in [-0.39, 0.29) is 15.6 Å². The van der Waals surface area contributed by atoms with Gasteiger partial charge in [-0.05, 0) is 85.3 Å². The molecule has 0 aliphatic carbocycles. The molecule has 0 aliphatic heterocycles. The van der Waals surface area contributed by atoms with Crippen LogP contribution in [0, 0.1) is 6.92 Å². The lowest BCUT2D eigenvalue weighted by Crippen LogP contribution is -2.47. The summed E-state index contributed by atoms with van der Waals surface area (Å²) in [7, 11) is -4.41. The van der Waals surface area contributed by atoms with E-state index in [1.165, 1.54) is 34.8 Å². The highest BCUT2D eigenvalue weighted by atomic mass is 32.2. The molecule has 14 heteroatoms. The van der Waals surface area contributed by atoms with Gasteiger partial charge in [-0.25, -0.2) is 9.97 Å². The third-order valence-corrected chi connectivity index (χ3v) is 10.6. The van der Waals surface area contributed by atoms with Crippen molar-refractivity contribution in [2.24, 2.45) is 10.2 Å². The quantitative estimate of drug-likeness (QED) is 0.151. The van der Waals surface area contributed by atoms with Crippen molar-refractivity contribution < 1.29 is 13.0 Å². The summed E-state index contributed by atoms with van der Waals surface area (Å²) in [4.78, 5) is 34.4. The standard InChI is InChI=1S/C33H22N6O5S3/c1-18-7-13-25-30(31(18)47(42,43)44)46-33(35-25)20-10-14-23-27(17-20)45-32(34-23)19-8-11-22(12-9-19)36-38-24-15-16-26(40)28(29(24)41)39-37-21-5-3-2-4-6-21/h2-17,36-37H,1H3,(H,42,43,44)/b38-24+,39-28+. The number of thiazole rings is 2. The Balaban J connectivity index is 1.13. The summed E-state index contributed by atoms with van der Waals surface area (Å²) < 4.78 is 35.2. The summed E-state index contributed by atoms with van der Waals surface area (Å²) in [5, 5.41) is 9.40. The molecule has 0 spiro atoms. The van der Waals surface area contributed by atoms with E-state index in [4.69, 9.17) is 4.98 Å². The van der Waals surface area contributed by atoms with E-state index < -0.39 is 21.0 Å². The molecule has 0 saturated heterocycles. The van der Waals surface area contributed by atoms with Gasteiger partial charge in [-0.3, -0.25) is 25.0 Å². The van der Waals surface area contributed by atoms with Crippen molar-refractivity contribution in [2.45, 2.75) is 11.8 Å². The Morgan fingerprint density at radius 2 is 1.38 bits per heavy atom. The molecule has 11 nitrogen and oxygen atoms in total. The van der Waals surface area contributed by atoms with Crippen molar-refractivity contribution in [1.29, 1.82) is 0 Å². The maximum atomic E-state index is 12.9. The molecule has 232 valence electrons. The van der Waals surface area contributed by atoms with Crippen molar-refractivity contribution in [3.63, 3.8) is 0 Å². The molecule has 7 rings (SSSR count). The molecular weight excluding hydrogens is 657 g/mol. The Labute approximate surface area is 274 Å². The van der Waals surface area contributed by atoms with Gasteiger partial charge in [0.2, 0.25) is 10.9 Å². The fraction of sp³-hybridized carbons (Fsp3) is 0.0303. The number of hydrogen-bond acceptors (Lipinski definition) is 12. The van der Waals surface area contributed by atoms with E-state index in [9.17, 15) is 22.6 Å². The summed E-state index contributed by atoms with van der Waals surface area (Å²) in [5.41, 5.74) is 9.19. The van der Waals surface area contributed by atoms with Gasteiger partial charge in [0.15, 0.2) is 5.36 Å². The fourth-order valence-electron chi connectivity index (χ4n) is 4.87. The molecule has 7 aromatic rings. The lowest BCUT2D eigenvalue weighted by Gasteiger charge is -2.02. The van der Waals surface area contributed by atoms with Crippen molar-refractivity contribution in [3.05, 3.63) is 134 Å². The van der Waals surface area contributed by atoms with Gasteiger partial charge >= 0.3 is 0 Å². The molecule has 0 radical (unpaired) electrons. The van der Waals surface area contributed by atoms with Crippen LogP contribution in [-0.2, 0) is 10.1 Å². The van der Waals surface area contributed by atoms with E-state index >= 15 is 0 Å². The third-order valence-electron chi connectivity index (χ3n) is 7.18. The molecule has 0 unspecified atom stereocenters. The highest BCUT2D eigenvalue weighted by Gasteiger charge is 2.21. The van der Waals surface area contributed by atoms with Crippen molar-refractivity contribution in [3.8, 4) is 21.1 Å². The number of nitrogens with one attached hydrogen (secondary N) is 2. The Kier molecular flexibility index (Phi) is 7.77. The number of para-hydroxylation sites is 1. The molecule has 2 heterocycles. The summed E-state index contributed by atoms with van der Waals surface area (Å²) in [5.74, 6) is 0. The lowest BCUT2D eigenvalue weighted by atomic mass is 10.2. The van der Waals surface area contributed by atoms with E-state index in [1.807, 2.05) is 48.5 Å². The number of fused-ring (bicyclic) bond motifs is 2. The minimum Gasteiger partial charge on any atom is -0.287 e. The zero-order valence-corrected chi connectivity index (χ0v) is 26.8. The monoisotopic (exact) mass is 678 g/mol. The van der Waals surface area contributed by atoms with Gasteiger partial charge in [0.25, 0.3) is 10.1 Å². The molecule has 0 fully saturated rings. The number of rotatable bonds is 7. The zero-order valence-electron chi connectivity index (χ0n) is 24.3. The Hall–Kier alpha value is -5.41. The number of benzene rings is 5. The molecule has 5 aromatic carbocycles. The average molecular weight is 679 g/mol.